The molecule has 5 aromatic rings. The molecule has 0 atom stereocenters. The van der Waals surface area contributed by atoms with E-state index in [9.17, 15) is 4.79 Å². The first kappa shape index (κ1) is 23.6. The second-order valence-corrected chi connectivity index (χ2v) is 9.35. The van der Waals surface area contributed by atoms with Crippen LogP contribution >= 0.6 is 23.6 Å². The molecule has 36 heavy (non-hydrogen) atoms. The topological polar surface area (TPSA) is 93.4 Å². The molecule has 0 radical (unpaired) electrons. The summed E-state index contributed by atoms with van der Waals surface area (Å²) in [5, 5.41) is 19.6. The normalized spacial score (nSPS) is 10.8. The number of amides is 1. The Morgan fingerprint density at radius 1 is 1.00 bits per heavy atom. The number of hydrogen-bond donors (Lipinski definition) is 2. The van der Waals surface area contributed by atoms with Gasteiger partial charge >= 0.3 is 0 Å². The molecule has 0 aliphatic heterocycles. The Labute approximate surface area is 217 Å². The summed E-state index contributed by atoms with van der Waals surface area (Å²) >= 11 is 6.81. The maximum absolute atomic E-state index is 12.7. The predicted molar refractivity (Wildman–Crippen MR) is 143 cm³/mol. The fourth-order valence-electron chi connectivity index (χ4n) is 3.47. The van der Waals surface area contributed by atoms with E-state index in [4.69, 9.17) is 17.0 Å². The molecule has 0 spiro atoms. The van der Waals surface area contributed by atoms with Crippen LogP contribution in [0.25, 0.3) is 15.5 Å². The van der Waals surface area contributed by atoms with Crippen molar-refractivity contribution in [3.63, 3.8) is 0 Å². The lowest BCUT2D eigenvalue weighted by Gasteiger charge is -2.11. The molecule has 0 saturated carbocycles. The number of benzene rings is 3. The number of hydrogen-bond acceptors (Lipinski definition) is 7. The van der Waals surface area contributed by atoms with E-state index in [-0.39, 0.29) is 11.0 Å². The van der Waals surface area contributed by atoms with Crippen molar-refractivity contribution >= 4 is 39.5 Å². The van der Waals surface area contributed by atoms with Crippen molar-refractivity contribution in [2.75, 3.05) is 0 Å². The van der Waals surface area contributed by atoms with Gasteiger partial charge in [-0.2, -0.15) is 9.61 Å². The number of nitrogens with zero attached hydrogens (tertiary/aromatic N) is 4. The molecule has 5 rings (SSSR count). The molecular weight excluding hydrogens is 492 g/mol. The van der Waals surface area contributed by atoms with Gasteiger partial charge in [0.1, 0.15) is 17.4 Å². The average Bonchev–Trinajstić information content (AvgIpc) is 3.49. The first-order valence-corrected chi connectivity index (χ1v) is 12.4. The number of carbonyl (C=O) groups excluding carboxylic acids is 1. The summed E-state index contributed by atoms with van der Waals surface area (Å²) in [7, 11) is 0. The second kappa shape index (κ2) is 10.6. The summed E-state index contributed by atoms with van der Waals surface area (Å²) in [6.07, 6.45) is 0. The molecule has 1 amide bonds. The molecule has 10 heteroatoms. The van der Waals surface area contributed by atoms with E-state index in [1.165, 1.54) is 11.3 Å². The van der Waals surface area contributed by atoms with Gasteiger partial charge in [-0.3, -0.25) is 10.1 Å². The first-order valence-electron chi connectivity index (χ1n) is 11.2. The first-order chi connectivity index (χ1) is 17.5. The molecule has 0 bridgehead atoms. The lowest BCUT2D eigenvalue weighted by molar-refractivity contribution is 0.0976. The molecule has 0 unspecified atom stereocenters. The molecule has 2 heterocycles. The summed E-state index contributed by atoms with van der Waals surface area (Å²) in [4.78, 5) is 13.4. The van der Waals surface area contributed by atoms with Crippen LogP contribution in [0.4, 0.5) is 0 Å². The van der Waals surface area contributed by atoms with Crippen LogP contribution in [0.1, 0.15) is 27.3 Å². The summed E-state index contributed by atoms with van der Waals surface area (Å²) < 4.78 is 7.55. The molecule has 0 aliphatic carbocycles. The summed E-state index contributed by atoms with van der Waals surface area (Å²) in [5.74, 6) is 1.08. The third kappa shape index (κ3) is 5.56. The SMILES string of the molecule is Cc1nnc2sc(-c3ccc(CNC(=S)NC(=O)c4cccc(OCc5ccccc5)c4)cc3)nn12. The highest BCUT2D eigenvalue weighted by Crippen LogP contribution is 2.25. The molecule has 2 aromatic heterocycles. The Morgan fingerprint density at radius 3 is 2.58 bits per heavy atom. The van der Waals surface area contributed by atoms with Gasteiger partial charge in [0, 0.05) is 17.7 Å². The van der Waals surface area contributed by atoms with Gasteiger partial charge in [0.05, 0.1) is 0 Å². The van der Waals surface area contributed by atoms with Crippen LogP contribution in [0, 0.1) is 6.92 Å². The summed E-state index contributed by atoms with van der Waals surface area (Å²) in [6, 6.07) is 24.9. The van der Waals surface area contributed by atoms with Crippen LogP contribution in [0.5, 0.6) is 5.75 Å². The molecule has 0 fully saturated rings. The molecule has 8 nitrogen and oxygen atoms in total. The largest absolute Gasteiger partial charge is 0.489 e. The smallest absolute Gasteiger partial charge is 0.257 e. The zero-order valence-electron chi connectivity index (χ0n) is 19.3. The zero-order valence-corrected chi connectivity index (χ0v) is 21.0. The van der Waals surface area contributed by atoms with Crippen LogP contribution in [-0.2, 0) is 13.2 Å². The lowest BCUT2D eigenvalue weighted by atomic mass is 10.1. The Balaban J connectivity index is 1.13. The van der Waals surface area contributed by atoms with Crippen molar-refractivity contribution < 1.29 is 9.53 Å². The van der Waals surface area contributed by atoms with Crippen LogP contribution in [0.3, 0.4) is 0 Å². The average molecular weight is 515 g/mol. The molecular formula is C26H22N6O2S2. The molecule has 180 valence electrons. The number of fused-ring (bicyclic) bond motifs is 1. The van der Waals surface area contributed by atoms with Gasteiger partial charge in [-0.05, 0) is 48.5 Å². The maximum Gasteiger partial charge on any atom is 0.257 e. The summed E-state index contributed by atoms with van der Waals surface area (Å²) in [6.45, 7) is 2.78. The van der Waals surface area contributed by atoms with Gasteiger partial charge in [-0.25, -0.2) is 0 Å². The maximum atomic E-state index is 12.7. The van der Waals surface area contributed by atoms with E-state index in [0.29, 0.717) is 24.5 Å². The number of thiocarbonyl (C=S) groups is 1. The quantitative estimate of drug-likeness (QED) is 0.308. The molecule has 3 aromatic carbocycles. The van der Waals surface area contributed by atoms with E-state index >= 15 is 0 Å². The van der Waals surface area contributed by atoms with E-state index in [0.717, 1.165) is 32.5 Å². The van der Waals surface area contributed by atoms with E-state index in [1.807, 2.05) is 67.6 Å². The molecule has 0 saturated heterocycles. The highest BCUT2D eigenvalue weighted by molar-refractivity contribution is 7.80. The Morgan fingerprint density at radius 2 is 1.81 bits per heavy atom. The van der Waals surface area contributed by atoms with Gasteiger partial charge < -0.3 is 10.1 Å². The van der Waals surface area contributed by atoms with Crippen molar-refractivity contribution in [3.8, 4) is 16.3 Å². The highest BCUT2D eigenvalue weighted by Gasteiger charge is 2.11. The predicted octanol–water partition coefficient (Wildman–Crippen LogP) is 4.54. The van der Waals surface area contributed by atoms with Crippen LogP contribution in [-0.4, -0.2) is 30.8 Å². The summed E-state index contributed by atoms with van der Waals surface area (Å²) in [5.41, 5.74) is 3.54. The van der Waals surface area contributed by atoms with Gasteiger partial charge in [-0.1, -0.05) is 72.0 Å². The minimum atomic E-state index is -0.299. The molecule has 0 aliphatic rings. The number of aryl methyl sites for hydroxylation is 1. The fraction of sp³-hybridized carbons (Fsp3) is 0.115. The number of nitrogens with one attached hydrogen (secondary N) is 2. The van der Waals surface area contributed by atoms with E-state index < -0.39 is 0 Å². The number of ether oxygens (including phenoxy) is 1. The standard InChI is InChI=1S/C26H22N6O2S2/c1-17-29-30-26-32(17)31-24(36-26)20-12-10-18(11-13-20)15-27-25(35)28-23(33)21-8-5-9-22(14-21)34-16-19-6-3-2-4-7-19/h2-14H,15-16H2,1H3,(H2,27,28,33,35). The Kier molecular flexibility index (Phi) is 6.96. The van der Waals surface area contributed by atoms with Gasteiger partial charge in [0.15, 0.2) is 10.9 Å². The van der Waals surface area contributed by atoms with E-state index in [2.05, 4.69) is 25.9 Å². The van der Waals surface area contributed by atoms with Crippen molar-refractivity contribution in [3.05, 3.63) is 101 Å². The van der Waals surface area contributed by atoms with Crippen LogP contribution in [0.15, 0.2) is 78.9 Å². The van der Waals surface area contributed by atoms with E-state index in [1.54, 1.807) is 22.7 Å². The van der Waals surface area contributed by atoms with Crippen molar-refractivity contribution in [2.45, 2.75) is 20.1 Å². The third-order valence-corrected chi connectivity index (χ3v) is 6.57. The number of carbonyl (C=O) groups is 1. The Bertz CT molecular complexity index is 1510. The van der Waals surface area contributed by atoms with Gasteiger partial charge in [0.2, 0.25) is 4.96 Å². The second-order valence-electron chi connectivity index (χ2n) is 7.98. The van der Waals surface area contributed by atoms with Crippen LogP contribution in [0.2, 0.25) is 0 Å². The number of aromatic nitrogens is 4. The highest BCUT2D eigenvalue weighted by atomic mass is 32.1. The van der Waals surface area contributed by atoms with Crippen LogP contribution < -0.4 is 15.4 Å². The monoisotopic (exact) mass is 514 g/mol. The number of rotatable bonds is 7. The fourth-order valence-corrected chi connectivity index (χ4v) is 4.52. The minimum Gasteiger partial charge on any atom is -0.489 e. The van der Waals surface area contributed by atoms with Crippen molar-refractivity contribution in [2.24, 2.45) is 0 Å². The molecule has 2 N–H and O–H groups in total. The van der Waals surface area contributed by atoms with Crippen molar-refractivity contribution in [1.29, 1.82) is 0 Å². The van der Waals surface area contributed by atoms with Gasteiger partial charge in [-0.15, -0.1) is 10.2 Å². The van der Waals surface area contributed by atoms with Crippen molar-refractivity contribution in [1.82, 2.24) is 30.4 Å². The lowest BCUT2D eigenvalue weighted by Crippen LogP contribution is -2.38. The van der Waals surface area contributed by atoms with Gasteiger partial charge in [0.25, 0.3) is 5.91 Å². The minimum absolute atomic E-state index is 0.254. The third-order valence-electron chi connectivity index (χ3n) is 5.37. The zero-order chi connectivity index (χ0) is 24.9. The Hall–Kier alpha value is -4.15.